The van der Waals surface area contributed by atoms with Crippen LogP contribution in [0.4, 0.5) is 0 Å². The summed E-state index contributed by atoms with van der Waals surface area (Å²) >= 11 is 6.14. The molecule has 2 aromatic rings. The molecule has 3 atom stereocenters. The normalized spacial score (nSPS) is 19.9. The third kappa shape index (κ3) is 5.85. The molecule has 2 heterocycles. The van der Waals surface area contributed by atoms with Crippen LogP contribution in [0.3, 0.4) is 0 Å². The minimum absolute atomic E-state index is 0.0525. The fourth-order valence-electron chi connectivity index (χ4n) is 4.87. The first-order chi connectivity index (χ1) is 16.9. The van der Waals surface area contributed by atoms with Gasteiger partial charge in [-0.15, -0.1) is 0 Å². The molecular formula is C25H32ClN5O4Si. The average molecular weight is 530 g/mol. The number of hydrogen-bond donors (Lipinski definition) is 4. The Labute approximate surface area is 216 Å². The number of aromatic nitrogens is 1. The van der Waals surface area contributed by atoms with Gasteiger partial charge in [-0.1, -0.05) is 31.2 Å². The van der Waals surface area contributed by atoms with Crippen LogP contribution in [0.5, 0.6) is 5.75 Å². The second-order valence-corrected chi connectivity index (χ2v) is 17.1. The Hall–Kier alpha value is -3.03. The minimum atomic E-state index is -1.79. The van der Waals surface area contributed by atoms with Gasteiger partial charge < -0.3 is 25.7 Å². The van der Waals surface area contributed by atoms with E-state index in [-0.39, 0.29) is 29.5 Å². The molecule has 9 nitrogen and oxygen atoms in total. The van der Waals surface area contributed by atoms with Crippen molar-refractivity contribution < 1.29 is 19.1 Å². The van der Waals surface area contributed by atoms with Gasteiger partial charge in [-0.05, 0) is 49.9 Å². The van der Waals surface area contributed by atoms with Crippen LogP contribution in [0.15, 0.2) is 18.2 Å². The molecular weight excluding hydrogens is 498 g/mol. The fourth-order valence-corrected chi connectivity index (χ4v) is 6.59. The molecule has 0 radical (unpaired) electrons. The number of fused-ring (bicyclic) bond motifs is 1. The van der Waals surface area contributed by atoms with E-state index in [2.05, 4.69) is 46.6 Å². The molecule has 1 saturated carbocycles. The lowest BCUT2D eigenvalue weighted by Gasteiger charge is -2.26. The zero-order chi connectivity index (χ0) is 26.3. The summed E-state index contributed by atoms with van der Waals surface area (Å²) in [6.07, 6.45) is 2.89. The number of nitrogens with zero attached hydrogens (tertiary/aromatic N) is 1. The number of hydrogen-bond acceptors (Lipinski definition) is 5. The maximum atomic E-state index is 13.3. The Morgan fingerprint density at radius 3 is 2.58 bits per heavy atom. The average Bonchev–Trinajstić information content (AvgIpc) is 3.27. The minimum Gasteiger partial charge on any atom is -0.496 e. The summed E-state index contributed by atoms with van der Waals surface area (Å²) in [6, 6.07) is 6.00. The van der Waals surface area contributed by atoms with Gasteiger partial charge in [0, 0.05) is 29.9 Å². The number of rotatable bonds is 9. The zero-order valence-electron chi connectivity index (χ0n) is 21.0. The van der Waals surface area contributed by atoms with Crippen LogP contribution in [0, 0.1) is 17.2 Å². The van der Waals surface area contributed by atoms with Crippen molar-refractivity contribution in [2.75, 3.05) is 7.11 Å². The molecule has 0 bridgehead atoms. The lowest BCUT2D eigenvalue weighted by atomic mass is 9.96. The van der Waals surface area contributed by atoms with Crippen LogP contribution in [-0.2, 0) is 9.59 Å². The van der Waals surface area contributed by atoms with Gasteiger partial charge in [0.05, 0.1) is 18.7 Å². The molecule has 1 saturated heterocycles. The van der Waals surface area contributed by atoms with E-state index in [1.54, 1.807) is 18.2 Å². The summed E-state index contributed by atoms with van der Waals surface area (Å²) in [5, 5.41) is 19.5. The predicted molar refractivity (Wildman–Crippen MR) is 140 cm³/mol. The molecule has 1 spiro atoms. The lowest BCUT2D eigenvalue weighted by molar-refractivity contribution is -0.125. The first-order valence-electron chi connectivity index (χ1n) is 12.1. The van der Waals surface area contributed by atoms with Gasteiger partial charge in [0.15, 0.2) is 0 Å². The molecule has 3 unspecified atom stereocenters. The Balaban J connectivity index is 1.47. The van der Waals surface area contributed by atoms with Crippen LogP contribution in [0.1, 0.15) is 36.2 Å². The summed E-state index contributed by atoms with van der Waals surface area (Å²) in [6.45, 7) is 6.32. The third-order valence-corrected chi connectivity index (χ3v) is 8.66. The molecule has 3 amide bonds. The van der Waals surface area contributed by atoms with Gasteiger partial charge in [-0.3, -0.25) is 14.4 Å². The van der Waals surface area contributed by atoms with E-state index in [4.69, 9.17) is 16.3 Å². The van der Waals surface area contributed by atoms with Crippen molar-refractivity contribution in [3.8, 4) is 11.8 Å². The fraction of sp³-hybridized carbons (Fsp3) is 0.520. The van der Waals surface area contributed by atoms with Crippen molar-refractivity contribution in [2.45, 2.75) is 69.0 Å². The number of H-pyrrole nitrogens is 1. The standard InChI is InChI=1S/C25H32ClN5O4Si/c1-35-21-9-15(26)8-18-17(21)10-19(29-18)23(33)30-20(13-36(2,3)4)24(34)28-16(12-27)7-14-11-25(5-6-25)31-22(14)32/h8-10,14,16,20,29H,5-7,11,13H2,1-4H3,(H,28,34)(H,30,33)(H,31,32). The predicted octanol–water partition coefficient (Wildman–Crippen LogP) is 3.33. The maximum absolute atomic E-state index is 13.3. The highest BCUT2D eigenvalue weighted by molar-refractivity contribution is 6.76. The molecule has 4 rings (SSSR count). The van der Waals surface area contributed by atoms with E-state index in [0.717, 1.165) is 12.8 Å². The van der Waals surface area contributed by atoms with Gasteiger partial charge in [-0.25, -0.2) is 0 Å². The molecule has 1 aromatic heterocycles. The summed E-state index contributed by atoms with van der Waals surface area (Å²) in [4.78, 5) is 41.8. The van der Waals surface area contributed by atoms with E-state index >= 15 is 0 Å². The molecule has 2 fully saturated rings. The molecule has 11 heteroatoms. The number of ether oxygens (including phenoxy) is 1. The molecule has 1 aliphatic heterocycles. The summed E-state index contributed by atoms with van der Waals surface area (Å²) in [7, 11) is -0.269. The van der Waals surface area contributed by atoms with Gasteiger partial charge >= 0.3 is 0 Å². The Bertz CT molecular complexity index is 1240. The maximum Gasteiger partial charge on any atom is 0.268 e. The largest absolute Gasteiger partial charge is 0.496 e. The molecule has 36 heavy (non-hydrogen) atoms. The highest BCUT2D eigenvalue weighted by Gasteiger charge is 2.52. The number of methoxy groups -OCH3 is 1. The van der Waals surface area contributed by atoms with Gasteiger partial charge in [0.2, 0.25) is 11.8 Å². The van der Waals surface area contributed by atoms with Crippen LogP contribution in [-0.4, -0.2) is 55.5 Å². The van der Waals surface area contributed by atoms with E-state index in [9.17, 15) is 19.6 Å². The van der Waals surface area contributed by atoms with Crippen LogP contribution < -0.4 is 20.7 Å². The molecule has 1 aromatic carbocycles. The van der Waals surface area contributed by atoms with Crippen LogP contribution in [0.25, 0.3) is 10.9 Å². The zero-order valence-corrected chi connectivity index (χ0v) is 22.7. The number of nitrogens with one attached hydrogen (secondary N) is 4. The molecule has 1 aliphatic carbocycles. The van der Waals surface area contributed by atoms with Crippen molar-refractivity contribution in [2.24, 2.45) is 5.92 Å². The smallest absolute Gasteiger partial charge is 0.268 e. The quantitative estimate of drug-likeness (QED) is 0.369. The summed E-state index contributed by atoms with van der Waals surface area (Å²) in [5.74, 6) is -0.681. The SMILES string of the molecule is COc1cc(Cl)cc2[nH]c(C(=O)NC(C[Si](C)(C)C)C(=O)NC(C#N)CC3CC4(CC4)NC3=O)cc12. The third-order valence-electron chi connectivity index (χ3n) is 6.81. The number of halogens is 1. The number of benzene rings is 1. The van der Waals surface area contributed by atoms with E-state index in [1.807, 2.05) is 0 Å². The Kier molecular flexibility index (Phi) is 7.08. The number of nitriles is 1. The summed E-state index contributed by atoms with van der Waals surface area (Å²) < 4.78 is 5.37. The monoisotopic (exact) mass is 529 g/mol. The van der Waals surface area contributed by atoms with Crippen molar-refractivity contribution >= 4 is 48.3 Å². The number of aromatic amines is 1. The second-order valence-electron chi connectivity index (χ2n) is 11.1. The number of carbonyl (C=O) groups excluding carboxylic acids is 3. The van der Waals surface area contributed by atoms with Crippen molar-refractivity contribution in [3.05, 3.63) is 28.9 Å². The van der Waals surface area contributed by atoms with Crippen molar-refractivity contribution in [1.29, 1.82) is 5.26 Å². The second kappa shape index (κ2) is 9.79. The van der Waals surface area contributed by atoms with Crippen LogP contribution in [0.2, 0.25) is 30.7 Å². The van der Waals surface area contributed by atoms with E-state index in [0.29, 0.717) is 34.1 Å². The summed E-state index contributed by atoms with van der Waals surface area (Å²) in [5.41, 5.74) is 0.823. The first kappa shape index (κ1) is 26.0. The van der Waals surface area contributed by atoms with E-state index < -0.39 is 32.0 Å². The van der Waals surface area contributed by atoms with Gasteiger partial charge in [0.1, 0.15) is 23.5 Å². The number of amides is 3. The van der Waals surface area contributed by atoms with Gasteiger partial charge in [0.25, 0.3) is 5.91 Å². The highest BCUT2D eigenvalue weighted by atomic mass is 35.5. The molecule has 2 aliphatic rings. The Morgan fingerprint density at radius 2 is 2.00 bits per heavy atom. The van der Waals surface area contributed by atoms with Crippen LogP contribution >= 0.6 is 11.6 Å². The van der Waals surface area contributed by atoms with Crippen molar-refractivity contribution in [3.63, 3.8) is 0 Å². The Morgan fingerprint density at radius 1 is 1.28 bits per heavy atom. The van der Waals surface area contributed by atoms with Gasteiger partial charge in [-0.2, -0.15) is 5.26 Å². The highest BCUT2D eigenvalue weighted by Crippen LogP contribution is 2.46. The first-order valence-corrected chi connectivity index (χ1v) is 16.2. The van der Waals surface area contributed by atoms with E-state index in [1.165, 1.54) is 7.11 Å². The topological polar surface area (TPSA) is 136 Å². The van der Waals surface area contributed by atoms with Crippen molar-refractivity contribution in [1.82, 2.24) is 20.9 Å². The molecule has 4 N–H and O–H groups in total. The molecule has 192 valence electrons. The lowest BCUT2D eigenvalue weighted by Crippen LogP contribution is -2.52. The number of carbonyl (C=O) groups is 3.